The van der Waals surface area contributed by atoms with Gasteiger partial charge in [-0.25, -0.2) is 4.39 Å². The average molecular weight is 245 g/mol. The van der Waals surface area contributed by atoms with E-state index in [4.69, 9.17) is 11.6 Å². The lowest BCUT2D eigenvalue weighted by Gasteiger charge is -2.19. The highest BCUT2D eigenvalue weighted by Gasteiger charge is 2.11. The van der Waals surface area contributed by atoms with Crippen LogP contribution in [0.25, 0.3) is 0 Å². The highest BCUT2D eigenvalue weighted by atomic mass is 35.5. The van der Waals surface area contributed by atoms with Crippen LogP contribution in [0.3, 0.4) is 0 Å². The first kappa shape index (κ1) is 12.8. The van der Waals surface area contributed by atoms with Crippen LogP contribution >= 0.6 is 11.6 Å². The van der Waals surface area contributed by atoms with Crippen molar-refractivity contribution in [2.75, 3.05) is 25.0 Å². The highest BCUT2D eigenvalue weighted by molar-refractivity contribution is 6.29. The summed E-state index contributed by atoms with van der Waals surface area (Å²) in [4.78, 5) is 12.8. The minimum absolute atomic E-state index is 0.358. The Labute approximate surface area is 99.2 Å². The lowest BCUT2D eigenvalue weighted by molar-refractivity contribution is -0.123. The number of hydrogen-bond acceptors (Lipinski definition) is 2. The molecule has 1 aromatic carbocycles. The topological polar surface area (TPSA) is 32.3 Å². The molecule has 0 spiro atoms. The van der Waals surface area contributed by atoms with Crippen LogP contribution in [-0.4, -0.2) is 31.7 Å². The molecule has 3 nitrogen and oxygen atoms in total. The van der Waals surface area contributed by atoms with Crippen LogP contribution in [0.1, 0.15) is 0 Å². The van der Waals surface area contributed by atoms with Crippen molar-refractivity contribution in [1.82, 2.24) is 5.32 Å². The molecule has 1 amide bonds. The molecular formula is C11H14ClFN2O. The molecule has 0 saturated heterocycles. The van der Waals surface area contributed by atoms with E-state index in [1.54, 1.807) is 0 Å². The lowest BCUT2D eigenvalue weighted by atomic mass is 10.3. The Balaban J connectivity index is 2.31. The number of carbonyl (C=O) groups excluding carboxylic acids is 1. The molecule has 1 rings (SSSR count). The second kappa shape index (κ2) is 6.33. The summed E-state index contributed by atoms with van der Waals surface area (Å²) in [5.74, 6) is -0.789. The Bertz CT molecular complexity index is 332. The van der Waals surface area contributed by atoms with Gasteiger partial charge in [0.2, 0.25) is 0 Å². The van der Waals surface area contributed by atoms with Gasteiger partial charge in [0.25, 0.3) is 11.5 Å². The van der Waals surface area contributed by atoms with Gasteiger partial charge in [0.05, 0.1) is 0 Å². The largest absolute Gasteiger partial charge is 0.373 e. The molecule has 1 unspecified atom stereocenters. The summed E-state index contributed by atoms with van der Waals surface area (Å²) in [7, 11) is 1.90. The van der Waals surface area contributed by atoms with Crippen molar-refractivity contribution in [2.24, 2.45) is 0 Å². The van der Waals surface area contributed by atoms with E-state index in [0.717, 1.165) is 5.69 Å². The summed E-state index contributed by atoms with van der Waals surface area (Å²) >= 11 is 4.97. The van der Waals surface area contributed by atoms with Gasteiger partial charge in [0, 0.05) is 25.8 Å². The number of anilines is 1. The molecule has 1 atom stereocenters. The van der Waals surface area contributed by atoms with Crippen molar-refractivity contribution < 1.29 is 9.18 Å². The minimum atomic E-state index is -1.97. The van der Waals surface area contributed by atoms with Gasteiger partial charge in [-0.2, -0.15) is 0 Å². The number of alkyl halides is 2. The Morgan fingerprint density at radius 2 is 2.12 bits per heavy atom. The first-order valence-electron chi connectivity index (χ1n) is 4.93. The third-order valence-electron chi connectivity index (χ3n) is 2.14. The van der Waals surface area contributed by atoms with E-state index in [0.29, 0.717) is 13.1 Å². The number of carbonyl (C=O) groups is 1. The van der Waals surface area contributed by atoms with Gasteiger partial charge in [-0.05, 0) is 12.1 Å². The number of rotatable bonds is 5. The van der Waals surface area contributed by atoms with E-state index in [9.17, 15) is 9.18 Å². The fourth-order valence-electron chi connectivity index (χ4n) is 1.24. The van der Waals surface area contributed by atoms with Gasteiger partial charge in [-0.15, -0.1) is 0 Å². The Kier molecular flexibility index (Phi) is 5.05. The monoisotopic (exact) mass is 244 g/mol. The summed E-state index contributed by atoms with van der Waals surface area (Å²) < 4.78 is 12.3. The summed E-state index contributed by atoms with van der Waals surface area (Å²) in [6.07, 6.45) is 0. The minimum Gasteiger partial charge on any atom is -0.373 e. The van der Waals surface area contributed by atoms with E-state index in [1.165, 1.54) is 0 Å². The second-order valence-electron chi connectivity index (χ2n) is 3.35. The van der Waals surface area contributed by atoms with Gasteiger partial charge in [-0.3, -0.25) is 4.79 Å². The number of nitrogens with one attached hydrogen (secondary N) is 1. The maximum absolute atomic E-state index is 12.3. The Morgan fingerprint density at radius 3 is 2.69 bits per heavy atom. The van der Waals surface area contributed by atoms with Gasteiger partial charge in [0.1, 0.15) is 0 Å². The van der Waals surface area contributed by atoms with Crippen molar-refractivity contribution in [3.63, 3.8) is 0 Å². The first-order chi connectivity index (χ1) is 7.61. The lowest BCUT2D eigenvalue weighted by Crippen LogP contribution is -2.35. The summed E-state index contributed by atoms with van der Waals surface area (Å²) in [6, 6.07) is 9.71. The van der Waals surface area contributed by atoms with Crippen molar-refractivity contribution >= 4 is 23.2 Å². The molecule has 0 aliphatic rings. The second-order valence-corrected chi connectivity index (χ2v) is 3.73. The smallest absolute Gasteiger partial charge is 0.270 e. The van der Waals surface area contributed by atoms with Gasteiger partial charge in [-0.1, -0.05) is 29.8 Å². The SMILES string of the molecule is CN(CCNC(=O)C(F)Cl)c1ccccc1. The van der Waals surface area contributed by atoms with Crippen LogP contribution in [-0.2, 0) is 4.79 Å². The molecular weight excluding hydrogens is 231 g/mol. The summed E-state index contributed by atoms with van der Waals surface area (Å²) in [5, 5.41) is 2.40. The molecule has 0 bridgehead atoms. The number of halogens is 2. The molecule has 0 aromatic heterocycles. The molecule has 0 heterocycles. The molecule has 16 heavy (non-hydrogen) atoms. The fourth-order valence-corrected chi connectivity index (χ4v) is 1.31. The zero-order valence-corrected chi connectivity index (χ0v) is 9.75. The molecule has 0 aliphatic carbocycles. The quantitative estimate of drug-likeness (QED) is 0.801. The number of likely N-dealkylation sites (N-methyl/N-ethyl adjacent to an activating group) is 1. The zero-order chi connectivity index (χ0) is 12.0. The van der Waals surface area contributed by atoms with Crippen LogP contribution in [0.5, 0.6) is 0 Å². The van der Waals surface area contributed by atoms with E-state index >= 15 is 0 Å². The Morgan fingerprint density at radius 1 is 1.50 bits per heavy atom. The van der Waals surface area contributed by atoms with Crippen molar-refractivity contribution in [2.45, 2.75) is 5.63 Å². The van der Waals surface area contributed by atoms with Gasteiger partial charge < -0.3 is 10.2 Å². The molecule has 5 heteroatoms. The zero-order valence-electron chi connectivity index (χ0n) is 8.99. The third-order valence-corrected chi connectivity index (χ3v) is 2.34. The van der Waals surface area contributed by atoms with E-state index < -0.39 is 11.5 Å². The normalized spacial score (nSPS) is 11.9. The van der Waals surface area contributed by atoms with E-state index in [-0.39, 0.29) is 0 Å². The van der Waals surface area contributed by atoms with Gasteiger partial charge in [0.15, 0.2) is 0 Å². The summed E-state index contributed by atoms with van der Waals surface area (Å²) in [6.45, 7) is 0.955. The number of nitrogens with zero attached hydrogens (tertiary/aromatic N) is 1. The number of amides is 1. The molecule has 0 radical (unpaired) electrons. The van der Waals surface area contributed by atoms with Crippen LogP contribution < -0.4 is 10.2 Å². The average Bonchev–Trinajstić information content (AvgIpc) is 2.29. The fraction of sp³-hybridized carbons (Fsp3) is 0.364. The summed E-state index contributed by atoms with van der Waals surface area (Å²) in [5.41, 5.74) is -0.929. The van der Waals surface area contributed by atoms with Crippen molar-refractivity contribution in [1.29, 1.82) is 0 Å². The molecule has 0 saturated carbocycles. The van der Waals surface area contributed by atoms with Gasteiger partial charge >= 0.3 is 0 Å². The van der Waals surface area contributed by atoms with Crippen molar-refractivity contribution in [3.8, 4) is 0 Å². The van der Waals surface area contributed by atoms with Crippen LogP contribution in [0.2, 0.25) is 0 Å². The maximum atomic E-state index is 12.3. The maximum Gasteiger partial charge on any atom is 0.270 e. The molecule has 1 aromatic rings. The number of benzene rings is 1. The highest BCUT2D eigenvalue weighted by Crippen LogP contribution is 2.09. The predicted octanol–water partition coefficient (Wildman–Crippen LogP) is 1.77. The number of para-hydroxylation sites is 1. The number of hydrogen-bond donors (Lipinski definition) is 1. The molecule has 0 aliphatic heterocycles. The predicted molar refractivity (Wildman–Crippen MR) is 63.5 cm³/mol. The third kappa shape index (κ3) is 4.06. The van der Waals surface area contributed by atoms with Crippen LogP contribution in [0.4, 0.5) is 10.1 Å². The van der Waals surface area contributed by atoms with E-state index in [1.807, 2.05) is 42.3 Å². The van der Waals surface area contributed by atoms with Crippen LogP contribution in [0, 0.1) is 0 Å². The van der Waals surface area contributed by atoms with E-state index in [2.05, 4.69) is 5.32 Å². The Hall–Kier alpha value is -1.29. The van der Waals surface area contributed by atoms with Crippen molar-refractivity contribution in [3.05, 3.63) is 30.3 Å². The standard InChI is InChI=1S/C11H14ClFN2O/c1-15(9-5-3-2-4-6-9)8-7-14-11(16)10(12)13/h2-6,10H,7-8H2,1H3,(H,14,16). The first-order valence-corrected chi connectivity index (χ1v) is 5.37. The molecule has 0 fully saturated rings. The van der Waals surface area contributed by atoms with Crippen LogP contribution in [0.15, 0.2) is 30.3 Å². The molecule has 1 N–H and O–H groups in total. The molecule has 88 valence electrons.